The quantitative estimate of drug-likeness (QED) is 0.727. The Morgan fingerprint density at radius 1 is 1.25 bits per heavy atom. The summed E-state index contributed by atoms with van der Waals surface area (Å²) in [4.78, 5) is 15.5. The van der Waals surface area contributed by atoms with Crippen molar-refractivity contribution in [1.29, 1.82) is 0 Å². The van der Waals surface area contributed by atoms with E-state index < -0.39 is 0 Å². The van der Waals surface area contributed by atoms with E-state index in [1.165, 1.54) is 25.7 Å². The first-order chi connectivity index (χ1) is 9.72. The SMILES string of the molecule is CCCCCCC(C)NC(=O)c1cccc2[nH]ccc12. The molecular formula is C17H24N2O. The van der Waals surface area contributed by atoms with Crippen LogP contribution < -0.4 is 5.32 Å². The fourth-order valence-corrected chi connectivity index (χ4v) is 2.53. The minimum atomic E-state index is 0.0261. The van der Waals surface area contributed by atoms with Gasteiger partial charge in [0.05, 0.1) is 0 Å². The highest BCUT2D eigenvalue weighted by Gasteiger charge is 2.12. The van der Waals surface area contributed by atoms with E-state index in [-0.39, 0.29) is 11.9 Å². The Kier molecular flexibility index (Phi) is 5.22. The lowest BCUT2D eigenvalue weighted by Crippen LogP contribution is -2.32. The second-order valence-corrected chi connectivity index (χ2v) is 5.47. The molecule has 2 rings (SSSR count). The number of unbranched alkanes of at least 4 members (excludes halogenated alkanes) is 3. The van der Waals surface area contributed by atoms with Gasteiger partial charge in [-0.05, 0) is 31.5 Å². The summed E-state index contributed by atoms with van der Waals surface area (Å²) in [6.45, 7) is 4.30. The number of hydrogen-bond acceptors (Lipinski definition) is 1. The summed E-state index contributed by atoms with van der Waals surface area (Å²) in [6.07, 6.45) is 7.89. The highest BCUT2D eigenvalue weighted by Crippen LogP contribution is 2.17. The fraction of sp³-hybridized carbons (Fsp3) is 0.471. The lowest BCUT2D eigenvalue weighted by Gasteiger charge is -2.14. The topological polar surface area (TPSA) is 44.9 Å². The number of benzene rings is 1. The van der Waals surface area contributed by atoms with Crippen LogP contribution in [-0.4, -0.2) is 16.9 Å². The highest BCUT2D eigenvalue weighted by atomic mass is 16.1. The molecule has 0 bridgehead atoms. The van der Waals surface area contributed by atoms with E-state index in [0.717, 1.165) is 22.9 Å². The average Bonchev–Trinajstić information content (AvgIpc) is 2.91. The molecule has 3 heteroatoms. The summed E-state index contributed by atoms with van der Waals surface area (Å²) in [6, 6.07) is 7.97. The van der Waals surface area contributed by atoms with Crippen LogP contribution in [0.3, 0.4) is 0 Å². The summed E-state index contributed by atoms with van der Waals surface area (Å²) in [5.74, 6) is 0.0261. The Bertz CT molecular complexity index is 559. The van der Waals surface area contributed by atoms with E-state index in [9.17, 15) is 4.79 Å². The van der Waals surface area contributed by atoms with Crippen molar-refractivity contribution >= 4 is 16.8 Å². The van der Waals surface area contributed by atoms with E-state index in [0.29, 0.717) is 0 Å². The normalized spacial score (nSPS) is 12.5. The molecule has 1 atom stereocenters. The Balaban J connectivity index is 1.93. The van der Waals surface area contributed by atoms with Gasteiger partial charge in [0, 0.05) is 28.7 Å². The monoisotopic (exact) mass is 272 g/mol. The Labute approximate surface area is 120 Å². The third-order valence-electron chi connectivity index (χ3n) is 3.71. The van der Waals surface area contributed by atoms with Crippen molar-refractivity contribution in [3.8, 4) is 0 Å². The number of fused-ring (bicyclic) bond motifs is 1. The number of amides is 1. The van der Waals surface area contributed by atoms with E-state index in [1.807, 2.05) is 30.5 Å². The van der Waals surface area contributed by atoms with Gasteiger partial charge in [-0.25, -0.2) is 0 Å². The molecule has 0 aliphatic rings. The van der Waals surface area contributed by atoms with Gasteiger partial charge < -0.3 is 10.3 Å². The highest BCUT2D eigenvalue weighted by molar-refractivity contribution is 6.06. The van der Waals surface area contributed by atoms with E-state index in [1.54, 1.807) is 0 Å². The zero-order valence-electron chi connectivity index (χ0n) is 12.4. The largest absolute Gasteiger partial charge is 0.361 e. The lowest BCUT2D eigenvalue weighted by atomic mass is 10.1. The Morgan fingerprint density at radius 3 is 2.90 bits per heavy atom. The van der Waals surface area contributed by atoms with Gasteiger partial charge in [-0.2, -0.15) is 0 Å². The molecule has 20 heavy (non-hydrogen) atoms. The number of aromatic nitrogens is 1. The average molecular weight is 272 g/mol. The number of carbonyl (C=O) groups is 1. The maximum absolute atomic E-state index is 12.3. The zero-order chi connectivity index (χ0) is 14.4. The zero-order valence-corrected chi connectivity index (χ0v) is 12.4. The molecule has 1 aromatic carbocycles. The minimum Gasteiger partial charge on any atom is -0.361 e. The summed E-state index contributed by atoms with van der Waals surface area (Å²) >= 11 is 0. The number of carbonyl (C=O) groups excluding carboxylic acids is 1. The molecule has 0 saturated carbocycles. The van der Waals surface area contributed by atoms with Crippen molar-refractivity contribution in [3.63, 3.8) is 0 Å². The van der Waals surface area contributed by atoms with Crippen molar-refractivity contribution in [2.45, 2.75) is 52.0 Å². The second-order valence-electron chi connectivity index (χ2n) is 5.47. The molecule has 1 heterocycles. The molecule has 0 radical (unpaired) electrons. The van der Waals surface area contributed by atoms with Crippen LogP contribution in [0.1, 0.15) is 56.3 Å². The van der Waals surface area contributed by atoms with Gasteiger partial charge in [0.2, 0.25) is 0 Å². The van der Waals surface area contributed by atoms with Crippen molar-refractivity contribution in [1.82, 2.24) is 10.3 Å². The molecule has 1 amide bonds. The molecule has 1 aromatic heterocycles. The molecular weight excluding hydrogens is 248 g/mol. The van der Waals surface area contributed by atoms with E-state index >= 15 is 0 Å². The van der Waals surface area contributed by atoms with Crippen LogP contribution in [0.4, 0.5) is 0 Å². The van der Waals surface area contributed by atoms with Crippen LogP contribution in [-0.2, 0) is 0 Å². The molecule has 2 N–H and O–H groups in total. The van der Waals surface area contributed by atoms with Crippen LogP contribution in [0.2, 0.25) is 0 Å². The van der Waals surface area contributed by atoms with E-state index in [4.69, 9.17) is 0 Å². The lowest BCUT2D eigenvalue weighted by molar-refractivity contribution is 0.0939. The minimum absolute atomic E-state index is 0.0261. The summed E-state index contributed by atoms with van der Waals surface area (Å²) in [5.41, 5.74) is 1.76. The van der Waals surface area contributed by atoms with Crippen LogP contribution in [0.25, 0.3) is 10.9 Å². The third kappa shape index (κ3) is 3.62. The van der Waals surface area contributed by atoms with Crippen molar-refractivity contribution < 1.29 is 4.79 Å². The summed E-state index contributed by atoms with van der Waals surface area (Å²) < 4.78 is 0. The molecule has 0 saturated heterocycles. The number of hydrogen-bond donors (Lipinski definition) is 2. The third-order valence-corrected chi connectivity index (χ3v) is 3.71. The standard InChI is InChI=1S/C17H24N2O/c1-3-4-5-6-8-13(2)19-17(20)15-9-7-10-16-14(15)11-12-18-16/h7,9-13,18H,3-6,8H2,1-2H3,(H,19,20). The number of H-pyrrole nitrogens is 1. The van der Waals surface area contributed by atoms with Gasteiger partial charge in [0.1, 0.15) is 0 Å². The van der Waals surface area contributed by atoms with Crippen LogP contribution >= 0.6 is 0 Å². The number of aromatic amines is 1. The van der Waals surface area contributed by atoms with Crippen LogP contribution in [0.15, 0.2) is 30.5 Å². The van der Waals surface area contributed by atoms with Gasteiger partial charge in [-0.1, -0.05) is 38.7 Å². The molecule has 0 aliphatic carbocycles. The molecule has 3 nitrogen and oxygen atoms in total. The van der Waals surface area contributed by atoms with Gasteiger partial charge in [-0.15, -0.1) is 0 Å². The van der Waals surface area contributed by atoms with Crippen LogP contribution in [0.5, 0.6) is 0 Å². The van der Waals surface area contributed by atoms with Crippen molar-refractivity contribution in [3.05, 3.63) is 36.0 Å². The molecule has 108 valence electrons. The maximum Gasteiger partial charge on any atom is 0.252 e. The predicted octanol–water partition coefficient (Wildman–Crippen LogP) is 4.26. The first kappa shape index (κ1) is 14.6. The molecule has 0 fully saturated rings. The second kappa shape index (κ2) is 7.13. The Hall–Kier alpha value is -1.77. The van der Waals surface area contributed by atoms with Crippen molar-refractivity contribution in [2.24, 2.45) is 0 Å². The Morgan fingerprint density at radius 2 is 2.10 bits per heavy atom. The fourth-order valence-electron chi connectivity index (χ4n) is 2.53. The van der Waals surface area contributed by atoms with E-state index in [2.05, 4.69) is 24.1 Å². The van der Waals surface area contributed by atoms with Gasteiger partial charge >= 0.3 is 0 Å². The maximum atomic E-state index is 12.3. The number of nitrogens with one attached hydrogen (secondary N) is 2. The van der Waals surface area contributed by atoms with Crippen LogP contribution in [0, 0.1) is 0 Å². The number of rotatable bonds is 7. The smallest absolute Gasteiger partial charge is 0.252 e. The van der Waals surface area contributed by atoms with Gasteiger partial charge in [0.15, 0.2) is 0 Å². The molecule has 1 unspecified atom stereocenters. The van der Waals surface area contributed by atoms with Crippen molar-refractivity contribution in [2.75, 3.05) is 0 Å². The summed E-state index contributed by atoms with van der Waals surface area (Å²) in [7, 11) is 0. The molecule has 0 aliphatic heterocycles. The molecule has 2 aromatic rings. The predicted molar refractivity (Wildman–Crippen MR) is 84.0 cm³/mol. The first-order valence-corrected chi connectivity index (χ1v) is 7.59. The van der Waals surface area contributed by atoms with Gasteiger partial charge in [-0.3, -0.25) is 4.79 Å². The first-order valence-electron chi connectivity index (χ1n) is 7.59. The molecule has 0 spiro atoms. The van der Waals surface area contributed by atoms with Gasteiger partial charge in [0.25, 0.3) is 5.91 Å². The summed E-state index contributed by atoms with van der Waals surface area (Å²) in [5, 5.41) is 4.09.